The predicted molar refractivity (Wildman–Crippen MR) is 90.1 cm³/mol. The summed E-state index contributed by atoms with van der Waals surface area (Å²) in [4.78, 5) is 35.9. The number of hydrogen-bond donors (Lipinski definition) is 2. The summed E-state index contributed by atoms with van der Waals surface area (Å²) in [7, 11) is -1.33. The van der Waals surface area contributed by atoms with Crippen LogP contribution < -0.4 is 10.6 Å². The van der Waals surface area contributed by atoms with Gasteiger partial charge in [-0.25, -0.2) is 9.59 Å². The summed E-state index contributed by atoms with van der Waals surface area (Å²) >= 11 is 0. The number of hydrogen-bond acceptors (Lipinski definition) is 5. The van der Waals surface area contributed by atoms with Gasteiger partial charge < -0.3 is 10.1 Å². The van der Waals surface area contributed by atoms with E-state index in [1.807, 2.05) is 0 Å². The minimum atomic E-state index is -1.33. The van der Waals surface area contributed by atoms with Crippen LogP contribution >= 0.6 is 0 Å². The van der Waals surface area contributed by atoms with Crippen molar-refractivity contribution in [2.24, 2.45) is 0 Å². The number of ether oxygens (including phenoxy) is 1. The van der Waals surface area contributed by atoms with E-state index in [1.165, 1.54) is 13.0 Å². The van der Waals surface area contributed by atoms with Gasteiger partial charge in [0.15, 0.2) is 6.10 Å². The van der Waals surface area contributed by atoms with Crippen LogP contribution in [0.3, 0.4) is 0 Å². The molecule has 0 aromatic heterocycles. The first-order valence-electron chi connectivity index (χ1n) is 7.56. The Kier molecular flexibility index (Phi) is 7.57. The van der Waals surface area contributed by atoms with Crippen LogP contribution in [0.25, 0.3) is 0 Å². The third kappa shape index (κ3) is 5.77. The minimum absolute atomic E-state index is 0.133. The zero-order valence-electron chi connectivity index (χ0n) is 14.1. The van der Waals surface area contributed by atoms with E-state index < -0.39 is 34.8 Å². The number of amides is 3. The van der Waals surface area contributed by atoms with Crippen LogP contribution in [0.4, 0.5) is 4.79 Å². The second kappa shape index (κ2) is 9.17. The molecule has 24 heavy (non-hydrogen) atoms. The zero-order chi connectivity index (χ0) is 18.3. The average Bonchev–Trinajstić information content (AvgIpc) is 2.52. The highest BCUT2D eigenvalue weighted by Crippen LogP contribution is 2.15. The highest BCUT2D eigenvalue weighted by atomic mass is 32.2. The van der Waals surface area contributed by atoms with Crippen LogP contribution in [0.2, 0.25) is 0 Å². The molecule has 3 amide bonds. The molecule has 2 atom stereocenters. The fourth-order valence-corrected chi connectivity index (χ4v) is 2.72. The van der Waals surface area contributed by atoms with Gasteiger partial charge in [0.2, 0.25) is 0 Å². The van der Waals surface area contributed by atoms with E-state index in [9.17, 15) is 18.6 Å². The maximum Gasteiger partial charge on any atom is 0.340 e. The first-order chi connectivity index (χ1) is 11.3. The molecule has 0 unspecified atom stereocenters. The summed E-state index contributed by atoms with van der Waals surface area (Å²) < 4.78 is 17.1. The van der Waals surface area contributed by atoms with Gasteiger partial charge in [-0.15, -0.1) is 0 Å². The van der Waals surface area contributed by atoms with Gasteiger partial charge in [0, 0.05) is 11.8 Å². The third-order valence-electron chi connectivity index (χ3n) is 2.92. The van der Waals surface area contributed by atoms with E-state index in [2.05, 4.69) is 10.6 Å². The number of benzene rings is 1. The van der Waals surface area contributed by atoms with E-state index in [-0.39, 0.29) is 11.6 Å². The topological polar surface area (TPSA) is 102 Å². The summed E-state index contributed by atoms with van der Waals surface area (Å²) in [5, 5.41) is 4.58. The van der Waals surface area contributed by atoms with E-state index in [4.69, 9.17) is 4.74 Å². The molecule has 0 aliphatic heterocycles. The van der Waals surface area contributed by atoms with Crippen LogP contribution in [-0.2, 0) is 20.3 Å². The van der Waals surface area contributed by atoms with Gasteiger partial charge >= 0.3 is 12.0 Å². The van der Waals surface area contributed by atoms with Crippen LogP contribution in [0.1, 0.15) is 38.1 Å². The van der Waals surface area contributed by atoms with Crippen molar-refractivity contribution >= 4 is 28.7 Å². The SMILES string of the molecule is CC[S@](=O)c1ccccc1C(=O)O[C@H](C)C(=O)NC(=O)NC(C)C. The lowest BCUT2D eigenvalue weighted by atomic mass is 10.2. The molecule has 0 saturated heterocycles. The summed E-state index contributed by atoms with van der Waals surface area (Å²) in [5.74, 6) is -1.15. The van der Waals surface area contributed by atoms with Crippen LogP contribution in [0, 0.1) is 0 Å². The van der Waals surface area contributed by atoms with Crippen molar-refractivity contribution in [2.45, 2.75) is 44.7 Å². The number of rotatable bonds is 6. The number of imide groups is 1. The molecule has 0 fully saturated rings. The molecular formula is C16H22N2O5S. The molecule has 0 spiro atoms. The van der Waals surface area contributed by atoms with E-state index in [1.54, 1.807) is 39.0 Å². The number of urea groups is 1. The maximum absolute atomic E-state index is 12.2. The largest absolute Gasteiger partial charge is 0.449 e. The highest BCUT2D eigenvalue weighted by Gasteiger charge is 2.23. The molecule has 1 aromatic rings. The molecule has 1 aromatic carbocycles. The Labute approximate surface area is 143 Å². The van der Waals surface area contributed by atoms with Gasteiger partial charge in [0.25, 0.3) is 5.91 Å². The van der Waals surface area contributed by atoms with Crippen molar-refractivity contribution in [3.8, 4) is 0 Å². The summed E-state index contributed by atoms with van der Waals surface area (Å²) in [6.07, 6.45) is -1.17. The first-order valence-corrected chi connectivity index (χ1v) is 8.87. The Balaban J connectivity index is 2.76. The van der Waals surface area contributed by atoms with Crippen molar-refractivity contribution in [3.63, 3.8) is 0 Å². The van der Waals surface area contributed by atoms with Crippen molar-refractivity contribution in [1.82, 2.24) is 10.6 Å². The van der Waals surface area contributed by atoms with Crippen molar-refractivity contribution in [1.29, 1.82) is 0 Å². The Hall–Kier alpha value is -2.22. The quantitative estimate of drug-likeness (QED) is 0.756. The molecular weight excluding hydrogens is 332 g/mol. The Morgan fingerprint density at radius 2 is 1.79 bits per heavy atom. The van der Waals surface area contributed by atoms with Crippen LogP contribution in [0.5, 0.6) is 0 Å². The third-order valence-corrected chi connectivity index (χ3v) is 4.29. The second-order valence-corrected chi connectivity index (χ2v) is 7.00. The smallest absolute Gasteiger partial charge is 0.340 e. The minimum Gasteiger partial charge on any atom is -0.449 e. The summed E-state index contributed by atoms with van der Waals surface area (Å²) in [6.45, 7) is 6.59. The normalized spacial score (nSPS) is 13.0. The Bertz CT molecular complexity index is 645. The van der Waals surface area contributed by atoms with Gasteiger partial charge in [-0.1, -0.05) is 19.1 Å². The number of carbonyl (C=O) groups excluding carboxylic acids is 3. The molecule has 0 saturated carbocycles. The molecule has 7 nitrogen and oxygen atoms in total. The number of nitrogens with one attached hydrogen (secondary N) is 2. The van der Waals surface area contributed by atoms with Crippen LogP contribution in [-0.4, -0.2) is 40.0 Å². The average molecular weight is 354 g/mol. The predicted octanol–water partition coefficient (Wildman–Crippen LogP) is 1.59. The maximum atomic E-state index is 12.2. The van der Waals surface area contributed by atoms with E-state index >= 15 is 0 Å². The molecule has 2 N–H and O–H groups in total. The molecule has 0 aliphatic rings. The van der Waals surface area contributed by atoms with Crippen molar-refractivity contribution in [2.75, 3.05) is 5.75 Å². The monoisotopic (exact) mass is 354 g/mol. The van der Waals surface area contributed by atoms with E-state index in [0.29, 0.717) is 10.6 Å². The van der Waals surface area contributed by atoms with Gasteiger partial charge in [-0.2, -0.15) is 0 Å². The second-order valence-electron chi connectivity index (χ2n) is 5.30. The fourth-order valence-electron chi connectivity index (χ4n) is 1.78. The highest BCUT2D eigenvalue weighted by molar-refractivity contribution is 7.85. The van der Waals surface area contributed by atoms with Gasteiger partial charge in [-0.05, 0) is 32.9 Å². The lowest BCUT2D eigenvalue weighted by Gasteiger charge is -2.15. The summed E-state index contributed by atoms with van der Waals surface area (Å²) in [6, 6.07) is 5.56. The van der Waals surface area contributed by atoms with Gasteiger partial charge in [-0.3, -0.25) is 14.3 Å². The van der Waals surface area contributed by atoms with Crippen molar-refractivity contribution in [3.05, 3.63) is 29.8 Å². The molecule has 0 aliphatic carbocycles. The Morgan fingerprint density at radius 3 is 2.38 bits per heavy atom. The Morgan fingerprint density at radius 1 is 1.17 bits per heavy atom. The molecule has 8 heteroatoms. The molecule has 0 heterocycles. The molecule has 0 radical (unpaired) electrons. The van der Waals surface area contributed by atoms with Gasteiger partial charge in [0.1, 0.15) is 0 Å². The van der Waals surface area contributed by atoms with E-state index in [0.717, 1.165) is 0 Å². The van der Waals surface area contributed by atoms with Crippen molar-refractivity contribution < 1.29 is 23.3 Å². The molecule has 1 rings (SSSR count). The number of carbonyl (C=O) groups is 3. The van der Waals surface area contributed by atoms with Crippen LogP contribution in [0.15, 0.2) is 29.2 Å². The molecule has 0 bridgehead atoms. The zero-order valence-corrected chi connectivity index (χ0v) is 14.9. The lowest BCUT2D eigenvalue weighted by molar-refractivity contribution is -0.127. The fraction of sp³-hybridized carbons (Fsp3) is 0.438. The standard InChI is InChI=1S/C16H22N2O5S/c1-5-24(22)13-9-7-6-8-12(13)15(20)23-11(4)14(19)18-16(21)17-10(2)3/h6-11H,5H2,1-4H3,(H2,17,18,19,21)/t11-,24+/m1/s1. The van der Waals surface area contributed by atoms with Gasteiger partial charge in [0.05, 0.1) is 21.3 Å². The lowest BCUT2D eigenvalue weighted by Crippen LogP contribution is -2.46. The summed E-state index contributed by atoms with van der Waals surface area (Å²) in [5.41, 5.74) is 0.143. The first kappa shape index (κ1) is 19.8. The number of esters is 1. The molecule has 132 valence electrons.